The van der Waals surface area contributed by atoms with Crippen LogP contribution < -0.4 is 10.2 Å². The van der Waals surface area contributed by atoms with Gasteiger partial charge in [0.2, 0.25) is 11.2 Å². The highest BCUT2D eigenvalue weighted by atomic mass is 16.6. The first-order chi connectivity index (χ1) is 10.0. The van der Waals surface area contributed by atoms with Crippen molar-refractivity contribution < 1.29 is 28.2 Å². The van der Waals surface area contributed by atoms with E-state index in [4.69, 9.17) is 18.6 Å². The molecule has 0 aliphatic heterocycles. The van der Waals surface area contributed by atoms with Crippen molar-refractivity contribution in [3.63, 3.8) is 0 Å². The summed E-state index contributed by atoms with van der Waals surface area (Å²) in [6.07, 6.45) is 2.18. The summed E-state index contributed by atoms with van der Waals surface area (Å²) in [6.45, 7) is 3.41. The Morgan fingerprint density at radius 2 is 1.76 bits per heavy atom. The van der Waals surface area contributed by atoms with E-state index in [1.165, 1.54) is 7.11 Å². The highest BCUT2D eigenvalue weighted by Gasteiger charge is 2.21. The summed E-state index contributed by atoms with van der Waals surface area (Å²) in [5.41, 5.74) is -0.797. The van der Waals surface area contributed by atoms with E-state index in [2.05, 4.69) is 0 Å². The number of hydrogen-bond donors (Lipinski definition) is 0. The molecule has 0 aromatic carbocycles. The second-order valence-electron chi connectivity index (χ2n) is 3.71. The molecule has 0 aliphatic rings. The standard InChI is InChI=1S/C14H16O7/c1-4-19-13(16)10(14(17)20-5-2)6-9-7-11(15)12(18-3)8-21-9/h6-8H,4-5H2,1-3H3. The molecule has 7 heteroatoms. The fourth-order valence-electron chi connectivity index (χ4n) is 1.40. The van der Waals surface area contributed by atoms with Gasteiger partial charge in [0.15, 0.2) is 0 Å². The van der Waals surface area contributed by atoms with Gasteiger partial charge in [-0.1, -0.05) is 0 Å². The summed E-state index contributed by atoms with van der Waals surface area (Å²) in [7, 11) is 1.32. The van der Waals surface area contributed by atoms with Crippen molar-refractivity contribution in [2.75, 3.05) is 20.3 Å². The van der Waals surface area contributed by atoms with Crippen LogP contribution in [-0.4, -0.2) is 32.3 Å². The maximum Gasteiger partial charge on any atom is 0.345 e. The van der Waals surface area contributed by atoms with Gasteiger partial charge in [-0.05, 0) is 13.8 Å². The fraction of sp³-hybridized carbons (Fsp3) is 0.357. The quantitative estimate of drug-likeness (QED) is 0.336. The van der Waals surface area contributed by atoms with Crippen LogP contribution in [0.15, 0.2) is 27.1 Å². The molecule has 1 aromatic heterocycles. The van der Waals surface area contributed by atoms with Gasteiger partial charge in [0, 0.05) is 12.1 Å². The summed E-state index contributed by atoms with van der Waals surface area (Å²) in [5, 5.41) is 0. The molecule has 0 fully saturated rings. The molecular formula is C14H16O7. The molecule has 7 nitrogen and oxygen atoms in total. The summed E-state index contributed by atoms with van der Waals surface area (Å²) in [6, 6.07) is 1.09. The van der Waals surface area contributed by atoms with Gasteiger partial charge in [0.05, 0.1) is 20.3 Å². The lowest BCUT2D eigenvalue weighted by Gasteiger charge is -2.06. The smallest absolute Gasteiger partial charge is 0.345 e. The molecule has 0 bridgehead atoms. The molecule has 1 rings (SSSR count). The van der Waals surface area contributed by atoms with Crippen LogP contribution in [0.2, 0.25) is 0 Å². The molecule has 0 amide bonds. The zero-order chi connectivity index (χ0) is 15.8. The molecule has 0 saturated heterocycles. The van der Waals surface area contributed by atoms with Gasteiger partial charge in [0.25, 0.3) is 0 Å². The van der Waals surface area contributed by atoms with Gasteiger partial charge in [0.1, 0.15) is 17.6 Å². The Morgan fingerprint density at radius 1 is 1.19 bits per heavy atom. The number of carbonyl (C=O) groups is 2. The number of ether oxygens (including phenoxy) is 3. The minimum absolute atomic E-state index is 0.0110. The Kier molecular flexibility index (Phi) is 6.19. The minimum atomic E-state index is -0.852. The number of carbonyl (C=O) groups excluding carboxylic acids is 2. The van der Waals surface area contributed by atoms with E-state index in [1.54, 1.807) is 13.8 Å². The highest BCUT2D eigenvalue weighted by Crippen LogP contribution is 2.12. The molecule has 0 unspecified atom stereocenters. The maximum atomic E-state index is 11.7. The predicted octanol–water partition coefficient (Wildman–Crippen LogP) is 1.16. The van der Waals surface area contributed by atoms with Crippen LogP contribution in [0.1, 0.15) is 19.6 Å². The third kappa shape index (κ3) is 4.48. The van der Waals surface area contributed by atoms with Gasteiger partial charge >= 0.3 is 11.9 Å². The summed E-state index contributed by atoms with van der Waals surface area (Å²) in [4.78, 5) is 35.1. The van der Waals surface area contributed by atoms with Crippen molar-refractivity contribution in [2.24, 2.45) is 0 Å². The zero-order valence-electron chi connectivity index (χ0n) is 12.0. The van der Waals surface area contributed by atoms with E-state index < -0.39 is 17.4 Å². The third-order valence-electron chi connectivity index (χ3n) is 2.32. The lowest BCUT2D eigenvalue weighted by atomic mass is 10.2. The van der Waals surface area contributed by atoms with E-state index in [0.717, 1.165) is 18.4 Å². The molecule has 21 heavy (non-hydrogen) atoms. The monoisotopic (exact) mass is 296 g/mol. The van der Waals surface area contributed by atoms with Crippen molar-refractivity contribution in [2.45, 2.75) is 13.8 Å². The van der Waals surface area contributed by atoms with Gasteiger partial charge in [-0.25, -0.2) is 9.59 Å². The molecule has 1 aromatic rings. The van der Waals surface area contributed by atoms with Crippen LogP contribution in [0, 0.1) is 0 Å². The van der Waals surface area contributed by atoms with Crippen LogP contribution in [0.3, 0.4) is 0 Å². The first-order valence-electron chi connectivity index (χ1n) is 6.26. The number of rotatable bonds is 6. The van der Waals surface area contributed by atoms with Crippen molar-refractivity contribution >= 4 is 18.0 Å². The number of methoxy groups -OCH3 is 1. The van der Waals surface area contributed by atoms with Crippen LogP contribution in [0.4, 0.5) is 0 Å². The van der Waals surface area contributed by atoms with E-state index in [0.29, 0.717) is 0 Å². The van der Waals surface area contributed by atoms with Gasteiger partial charge in [-0.2, -0.15) is 0 Å². The average molecular weight is 296 g/mol. The lowest BCUT2D eigenvalue weighted by Crippen LogP contribution is -2.18. The predicted molar refractivity (Wildman–Crippen MR) is 72.8 cm³/mol. The summed E-state index contributed by atoms with van der Waals surface area (Å²) < 4.78 is 19.4. The number of esters is 2. The third-order valence-corrected chi connectivity index (χ3v) is 2.32. The first-order valence-corrected chi connectivity index (χ1v) is 6.26. The van der Waals surface area contributed by atoms with Crippen LogP contribution in [0.5, 0.6) is 5.75 Å². The molecule has 114 valence electrons. The van der Waals surface area contributed by atoms with Crippen molar-refractivity contribution in [3.8, 4) is 5.75 Å². The minimum Gasteiger partial charge on any atom is -0.490 e. The van der Waals surface area contributed by atoms with Gasteiger partial charge in [-0.15, -0.1) is 0 Å². The Bertz CT molecular complexity index is 578. The topological polar surface area (TPSA) is 92.0 Å². The SMILES string of the molecule is CCOC(=O)C(=Cc1cc(=O)c(OC)co1)C(=O)OCC. The molecule has 1 heterocycles. The van der Waals surface area contributed by atoms with Gasteiger partial charge < -0.3 is 18.6 Å². The Morgan fingerprint density at radius 3 is 2.19 bits per heavy atom. The maximum absolute atomic E-state index is 11.7. The number of hydrogen-bond acceptors (Lipinski definition) is 7. The molecule has 0 N–H and O–H groups in total. The second-order valence-corrected chi connectivity index (χ2v) is 3.71. The van der Waals surface area contributed by atoms with E-state index in [-0.39, 0.29) is 30.3 Å². The van der Waals surface area contributed by atoms with Crippen LogP contribution in [0.25, 0.3) is 6.08 Å². The molecule has 0 saturated carbocycles. The second kappa shape index (κ2) is 7.88. The highest BCUT2D eigenvalue weighted by molar-refractivity contribution is 6.17. The summed E-state index contributed by atoms with van der Waals surface area (Å²) in [5.74, 6) is -1.68. The Hall–Kier alpha value is -2.57. The lowest BCUT2D eigenvalue weighted by molar-refractivity contribution is -0.146. The Balaban J connectivity index is 3.18. The van der Waals surface area contributed by atoms with E-state index >= 15 is 0 Å². The molecule has 0 aliphatic carbocycles. The molecular weight excluding hydrogens is 280 g/mol. The average Bonchev–Trinajstić information content (AvgIpc) is 2.45. The largest absolute Gasteiger partial charge is 0.490 e. The van der Waals surface area contributed by atoms with Crippen molar-refractivity contribution in [3.05, 3.63) is 33.9 Å². The normalized spacial score (nSPS) is 9.67. The molecule has 0 radical (unpaired) electrons. The Labute approximate surface area is 121 Å². The summed E-state index contributed by atoms with van der Waals surface area (Å²) >= 11 is 0. The fourth-order valence-corrected chi connectivity index (χ4v) is 1.40. The molecule has 0 spiro atoms. The first kappa shape index (κ1) is 16.5. The zero-order valence-corrected chi connectivity index (χ0v) is 12.0. The van der Waals surface area contributed by atoms with Crippen molar-refractivity contribution in [1.29, 1.82) is 0 Å². The van der Waals surface area contributed by atoms with Crippen molar-refractivity contribution in [1.82, 2.24) is 0 Å². The van der Waals surface area contributed by atoms with Crippen LogP contribution in [-0.2, 0) is 19.1 Å². The van der Waals surface area contributed by atoms with E-state index in [9.17, 15) is 14.4 Å². The van der Waals surface area contributed by atoms with E-state index in [1.807, 2.05) is 0 Å². The van der Waals surface area contributed by atoms with Crippen LogP contribution >= 0.6 is 0 Å². The molecule has 0 atom stereocenters. The van der Waals surface area contributed by atoms with Gasteiger partial charge in [-0.3, -0.25) is 4.79 Å².